The number of thiophene rings is 1. The van der Waals surface area contributed by atoms with Gasteiger partial charge in [-0.1, -0.05) is 50.2 Å². The molecule has 1 aromatic heterocycles. The van der Waals surface area contributed by atoms with E-state index >= 15 is 0 Å². The van der Waals surface area contributed by atoms with Crippen LogP contribution in [0.2, 0.25) is 0 Å². The van der Waals surface area contributed by atoms with Crippen LogP contribution in [0.25, 0.3) is 11.1 Å². The smallest absolute Gasteiger partial charge is 0.238 e. The van der Waals surface area contributed by atoms with Crippen LogP contribution in [0, 0.1) is 17.2 Å². The molecule has 2 aromatic carbocycles. The zero-order valence-corrected chi connectivity index (χ0v) is 22.3. The topological polar surface area (TPSA) is 99.1 Å². The molecule has 0 bridgehead atoms. The Labute approximate surface area is 217 Å². The first-order valence-corrected chi connectivity index (χ1v) is 14.9. The summed E-state index contributed by atoms with van der Waals surface area (Å²) in [6.07, 6.45) is 3.25. The monoisotopic (exact) mass is 521 g/mol. The number of hydrogen-bond acceptors (Lipinski definition) is 6. The molecule has 6 nitrogen and oxygen atoms in total. The fraction of sp³-hybridized carbons (Fsp3) is 0.357. The molecule has 1 fully saturated rings. The predicted molar refractivity (Wildman–Crippen MR) is 143 cm³/mol. The van der Waals surface area contributed by atoms with Crippen LogP contribution in [0.4, 0.5) is 0 Å². The number of nitriles is 1. The van der Waals surface area contributed by atoms with Gasteiger partial charge in [-0.3, -0.25) is 10.1 Å². The summed E-state index contributed by atoms with van der Waals surface area (Å²) >= 11 is 1.61. The molecule has 3 aromatic rings. The van der Waals surface area contributed by atoms with E-state index in [4.69, 9.17) is 0 Å². The van der Waals surface area contributed by atoms with Gasteiger partial charge in [-0.2, -0.15) is 16.6 Å². The van der Waals surface area contributed by atoms with Gasteiger partial charge in [0.2, 0.25) is 5.91 Å². The average molecular weight is 522 g/mol. The van der Waals surface area contributed by atoms with Crippen LogP contribution >= 0.6 is 11.3 Å². The minimum Gasteiger partial charge on any atom is -0.336 e. The van der Waals surface area contributed by atoms with Gasteiger partial charge in [-0.05, 0) is 76.4 Å². The van der Waals surface area contributed by atoms with Crippen LogP contribution in [0.1, 0.15) is 50.3 Å². The van der Waals surface area contributed by atoms with Crippen molar-refractivity contribution >= 4 is 27.1 Å². The summed E-state index contributed by atoms with van der Waals surface area (Å²) in [6.45, 7) is 4.17. The van der Waals surface area contributed by atoms with Gasteiger partial charge in [-0.25, -0.2) is 8.42 Å². The van der Waals surface area contributed by atoms with Crippen molar-refractivity contribution < 1.29 is 13.2 Å². The highest BCUT2D eigenvalue weighted by atomic mass is 32.2. The second-order valence-corrected chi connectivity index (χ2v) is 12.7. The summed E-state index contributed by atoms with van der Waals surface area (Å²) in [6, 6.07) is 18.6. The maximum atomic E-state index is 13.2. The highest BCUT2D eigenvalue weighted by molar-refractivity contribution is 7.90. The Morgan fingerprint density at radius 3 is 2.11 bits per heavy atom. The normalized spacial score (nSPS) is 16.2. The molecule has 1 saturated carbocycles. The van der Waals surface area contributed by atoms with Crippen molar-refractivity contribution in [3.05, 3.63) is 76.5 Å². The first-order valence-electron chi connectivity index (χ1n) is 12.0. The lowest BCUT2D eigenvalue weighted by molar-refractivity contribution is -0.124. The quantitative estimate of drug-likeness (QED) is 0.387. The van der Waals surface area contributed by atoms with E-state index in [9.17, 15) is 18.5 Å². The molecule has 8 heteroatoms. The zero-order valence-electron chi connectivity index (χ0n) is 20.7. The predicted octanol–water partition coefficient (Wildman–Crippen LogP) is 5.08. The minimum absolute atomic E-state index is 0.134. The third-order valence-corrected chi connectivity index (χ3v) is 8.28. The van der Waals surface area contributed by atoms with Crippen LogP contribution in [0.15, 0.2) is 70.3 Å². The van der Waals surface area contributed by atoms with Gasteiger partial charge in [0.05, 0.1) is 23.0 Å². The Hall–Kier alpha value is -2.99. The molecule has 36 heavy (non-hydrogen) atoms. The summed E-state index contributed by atoms with van der Waals surface area (Å²) in [5, 5.41) is 20.1. The van der Waals surface area contributed by atoms with E-state index in [1.54, 1.807) is 23.5 Å². The van der Waals surface area contributed by atoms with Crippen molar-refractivity contribution in [3.63, 3.8) is 0 Å². The fourth-order valence-electron chi connectivity index (χ4n) is 4.22. The van der Waals surface area contributed by atoms with Crippen molar-refractivity contribution in [2.45, 2.75) is 55.6 Å². The molecule has 4 rings (SSSR count). The summed E-state index contributed by atoms with van der Waals surface area (Å²) in [5.74, 6) is 0.163. The third-order valence-electron chi connectivity index (χ3n) is 6.45. The number of benzene rings is 2. The number of carbonyl (C=O) groups is 1. The first-order chi connectivity index (χ1) is 17.1. The Morgan fingerprint density at radius 2 is 1.64 bits per heavy atom. The number of rotatable bonds is 10. The molecule has 0 aliphatic heterocycles. The van der Waals surface area contributed by atoms with E-state index in [0.717, 1.165) is 22.3 Å². The molecular weight excluding hydrogens is 490 g/mol. The van der Waals surface area contributed by atoms with Crippen molar-refractivity contribution in [2.24, 2.45) is 5.92 Å². The van der Waals surface area contributed by atoms with Crippen molar-refractivity contribution in [3.8, 4) is 17.2 Å². The average Bonchev–Trinajstić information content (AvgIpc) is 3.41. The molecule has 1 aliphatic rings. The number of nitrogens with zero attached hydrogens (tertiary/aromatic N) is 1. The largest absolute Gasteiger partial charge is 0.336 e. The molecule has 0 spiro atoms. The Kier molecular flexibility index (Phi) is 7.65. The number of amides is 1. The number of hydrogen-bond donors (Lipinski definition) is 2. The van der Waals surface area contributed by atoms with E-state index in [-0.39, 0.29) is 11.9 Å². The van der Waals surface area contributed by atoms with Crippen molar-refractivity contribution in [1.82, 2.24) is 10.6 Å². The third kappa shape index (κ3) is 6.22. The summed E-state index contributed by atoms with van der Waals surface area (Å²) in [4.78, 5) is 13.5. The molecule has 1 aliphatic carbocycles. The lowest BCUT2D eigenvalue weighted by Gasteiger charge is -2.27. The van der Waals surface area contributed by atoms with Crippen molar-refractivity contribution in [1.29, 1.82) is 5.26 Å². The van der Waals surface area contributed by atoms with Crippen LogP contribution in [0.5, 0.6) is 0 Å². The Balaban J connectivity index is 1.59. The Bertz CT molecular complexity index is 1340. The lowest BCUT2D eigenvalue weighted by Crippen LogP contribution is -2.50. The Morgan fingerprint density at radius 1 is 1.03 bits per heavy atom. The molecule has 188 valence electrons. The molecule has 0 unspecified atom stereocenters. The zero-order chi connectivity index (χ0) is 25.9. The summed E-state index contributed by atoms with van der Waals surface area (Å²) < 4.78 is 23.5. The second kappa shape index (κ2) is 10.6. The van der Waals surface area contributed by atoms with E-state index in [1.807, 2.05) is 41.8 Å². The van der Waals surface area contributed by atoms with Gasteiger partial charge in [0, 0.05) is 6.26 Å². The van der Waals surface area contributed by atoms with Crippen LogP contribution in [0.3, 0.4) is 0 Å². The molecule has 0 saturated heterocycles. The van der Waals surface area contributed by atoms with E-state index in [0.29, 0.717) is 30.1 Å². The molecule has 0 radical (unpaired) electrons. The molecule has 1 heterocycles. The number of nitrogens with one attached hydrogen (secondary N) is 2. The highest BCUT2D eigenvalue weighted by Gasteiger charge is 2.45. The van der Waals surface area contributed by atoms with Gasteiger partial charge >= 0.3 is 0 Å². The summed E-state index contributed by atoms with van der Waals surface area (Å²) in [5.41, 5.74) is 3.29. The van der Waals surface area contributed by atoms with Crippen LogP contribution < -0.4 is 10.6 Å². The van der Waals surface area contributed by atoms with Gasteiger partial charge in [0.25, 0.3) is 0 Å². The second-order valence-electron chi connectivity index (χ2n) is 9.94. The number of sulfone groups is 1. The van der Waals surface area contributed by atoms with E-state index in [1.165, 1.54) is 6.26 Å². The molecular formula is C28H31N3O3S2. The highest BCUT2D eigenvalue weighted by Crippen LogP contribution is 2.35. The number of carbonyl (C=O) groups excluding carboxylic acids is 1. The minimum atomic E-state index is -3.24. The van der Waals surface area contributed by atoms with Gasteiger partial charge < -0.3 is 5.32 Å². The molecule has 2 atom stereocenters. The SMILES string of the molecule is CC(C)C[C@H](N[C@@H](c1ccc(-c2ccc(S(C)(=O)=O)cc2)cc1)c1ccsc1)C(=O)NC1(C#N)CC1. The summed E-state index contributed by atoms with van der Waals surface area (Å²) in [7, 11) is -3.24. The standard InChI is InChI=1S/C28H31N3O3S2/c1-19(2)16-25(27(32)31-28(18-29)13-14-28)30-26(23-12-15-35-17-23)22-6-4-20(5-7-22)21-8-10-24(11-9-21)36(3,33)34/h4-12,15,17,19,25-26,30H,13-14,16H2,1-3H3,(H,31,32)/t25-,26-/m0/s1. The first kappa shape index (κ1) is 26.1. The van der Waals surface area contributed by atoms with Gasteiger partial charge in [0.1, 0.15) is 5.54 Å². The van der Waals surface area contributed by atoms with Gasteiger partial charge in [0.15, 0.2) is 9.84 Å². The fourth-order valence-corrected chi connectivity index (χ4v) is 5.54. The van der Waals surface area contributed by atoms with Gasteiger partial charge in [-0.15, -0.1) is 0 Å². The van der Waals surface area contributed by atoms with Crippen molar-refractivity contribution in [2.75, 3.05) is 6.26 Å². The molecule has 2 N–H and O–H groups in total. The maximum Gasteiger partial charge on any atom is 0.238 e. The van der Waals surface area contributed by atoms with E-state index < -0.39 is 21.4 Å². The van der Waals surface area contributed by atoms with E-state index in [2.05, 4.69) is 42.0 Å². The molecule has 1 amide bonds. The van der Waals surface area contributed by atoms with Crippen LogP contribution in [-0.4, -0.2) is 32.2 Å². The van der Waals surface area contributed by atoms with Crippen LogP contribution in [-0.2, 0) is 14.6 Å². The maximum absolute atomic E-state index is 13.2. The lowest BCUT2D eigenvalue weighted by atomic mass is 9.95.